The molecule has 1 atom stereocenters. The molecule has 0 spiro atoms. The van der Waals surface area contributed by atoms with Crippen molar-refractivity contribution in [1.82, 2.24) is 0 Å². The summed E-state index contributed by atoms with van der Waals surface area (Å²) < 4.78 is 34.0. The number of para-hydroxylation sites is 2. The highest BCUT2D eigenvalue weighted by molar-refractivity contribution is 7.92. The third kappa shape index (κ3) is 4.14. The van der Waals surface area contributed by atoms with Gasteiger partial charge in [-0.1, -0.05) is 47.5 Å². The van der Waals surface area contributed by atoms with Crippen molar-refractivity contribution >= 4 is 27.3 Å². The van der Waals surface area contributed by atoms with Gasteiger partial charge >= 0.3 is 0 Å². The first-order chi connectivity index (χ1) is 14.8. The van der Waals surface area contributed by atoms with Gasteiger partial charge in [-0.3, -0.25) is 9.10 Å². The van der Waals surface area contributed by atoms with Gasteiger partial charge < -0.3 is 10.1 Å². The summed E-state index contributed by atoms with van der Waals surface area (Å²) >= 11 is 0. The van der Waals surface area contributed by atoms with Crippen molar-refractivity contribution in [3.05, 3.63) is 83.4 Å². The van der Waals surface area contributed by atoms with E-state index in [-0.39, 0.29) is 11.4 Å². The normalized spacial score (nSPS) is 15.7. The Labute approximate surface area is 182 Å². The minimum absolute atomic E-state index is 0.121. The number of carbonyl (C=O) groups excluding carboxylic acids is 1. The van der Waals surface area contributed by atoms with Gasteiger partial charge in [0.15, 0.2) is 6.10 Å². The number of nitrogens with one attached hydrogen (secondary N) is 1. The van der Waals surface area contributed by atoms with Gasteiger partial charge in [-0.25, -0.2) is 8.42 Å². The largest absolute Gasteiger partial charge is 0.476 e. The molecule has 3 aromatic carbocycles. The Morgan fingerprint density at radius 1 is 0.968 bits per heavy atom. The maximum Gasteiger partial charge on any atom is 0.267 e. The first-order valence-electron chi connectivity index (χ1n) is 9.99. The van der Waals surface area contributed by atoms with Crippen LogP contribution in [0, 0.1) is 20.8 Å². The molecule has 7 heteroatoms. The maximum absolute atomic E-state index is 13.4. The molecule has 3 aromatic rings. The Morgan fingerprint density at radius 2 is 1.65 bits per heavy atom. The summed E-state index contributed by atoms with van der Waals surface area (Å²) in [5.41, 5.74) is 4.07. The molecule has 0 aromatic heterocycles. The number of aryl methyl sites for hydroxylation is 3. The van der Waals surface area contributed by atoms with Crippen molar-refractivity contribution in [3.8, 4) is 5.75 Å². The first-order valence-corrected chi connectivity index (χ1v) is 11.4. The molecule has 160 valence electrons. The SMILES string of the molecule is Cc1ccc(S(=O)(=O)N2CC(C(=O)Nc3ccc(C)cc3C)Oc3ccccc32)cc1. The van der Waals surface area contributed by atoms with E-state index in [1.165, 1.54) is 4.31 Å². The molecule has 1 aliphatic rings. The zero-order chi connectivity index (χ0) is 22.2. The van der Waals surface area contributed by atoms with Crippen molar-refractivity contribution in [3.63, 3.8) is 0 Å². The Hall–Kier alpha value is -3.32. The zero-order valence-corrected chi connectivity index (χ0v) is 18.4. The number of anilines is 2. The van der Waals surface area contributed by atoms with Crippen LogP contribution in [0.25, 0.3) is 0 Å². The van der Waals surface area contributed by atoms with E-state index in [2.05, 4.69) is 5.32 Å². The van der Waals surface area contributed by atoms with E-state index in [1.54, 1.807) is 48.5 Å². The number of fused-ring (bicyclic) bond motifs is 1. The van der Waals surface area contributed by atoms with E-state index in [0.717, 1.165) is 16.7 Å². The monoisotopic (exact) mass is 436 g/mol. The van der Waals surface area contributed by atoms with Gasteiger partial charge in [0.2, 0.25) is 0 Å². The van der Waals surface area contributed by atoms with Crippen LogP contribution < -0.4 is 14.4 Å². The molecule has 1 N–H and O–H groups in total. The van der Waals surface area contributed by atoms with E-state index in [9.17, 15) is 13.2 Å². The van der Waals surface area contributed by atoms with Crippen molar-refractivity contribution in [1.29, 1.82) is 0 Å². The second-order valence-electron chi connectivity index (χ2n) is 7.73. The van der Waals surface area contributed by atoms with Crippen molar-refractivity contribution < 1.29 is 17.9 Å². The Bertz CT molecular complexity index is 1240. The third-order valence-corrected chi connectivity index (χ3v) is 7.07. The summed E-state index contributed by atoms with van der Waals surface area (Å²) in [5, 5.41) is 2.87. The van der Waals surface area contributed by atoms with Crippen LogP contribution in [0.5, 0.6) is 5.75 Å². The van der Waals surface area contributed by atoms with Crippen LogP contribution in [0.15, 0.2) is 71.6 Å². The lowest BCUT2D eigenvalue weighted by Gasteiger charge is -2.34. The predicted octanol–water partition coefficient (Wildman–Crippen LogP) is 4.21. The smallest absolute Gasteiger partial charge is 0.267 e. The number of carbonyl (C=O) groups is 1. The fourth-order valence-corrected chi connectivity index (χ4v) is 5.05. The van der Waals surface area contributed by atoms with Gasteiger partial charge in [-0.2, -0.15) is 0 Å². The van der Waals surface area contributed by atoms with Crippen LogP contribution in [0.4, 0.5) is 11.4 Å². The number of sulfonamides is 1. The van der Waals surface area contributed by atoms with Gasteiger partial charge in [0.05, 0.1) is 17.1 Å². The molecule has 0 radical (unpaired) electrons. The van der Waals surface area contributed by atoms with Gasteiger partial charge in [0.1, 0.15) is 5.75 Å². The molecule has 1 aliphatic heterocycles. The summed E-state index contributed by atoms with van der Waals surface area (Å²) in [6.45, 7) is 5.67. The Balaban J connectivity index is 1.67. The quantitative estimate of drug-likeness (QED) is 0.665. The topological polar surface area (TPSA) is 75.7 Å². The zero-order valence-electron chi connectivity index (χ0n) is 17.6. The number of ether oxygens (including phenoxy) is 1. The summed E-state index contributed by atoms with van der Waals surface area (Å²) in [6.07, 6.45) is -0.990. The number of benzene rings is 3. The molecule has 0 saturated heterocycles. The highest BCUT2D eigenvalue weighted by atomic mass is 32.2. The number of rotatable bonds is 4. The Kier molecular flexibility index (Phi) is 5.45. The lowest BCUT2D eigenvalue weighted by molar-refractivity contribution is -0.122. The summed E-state index contributed by atoms with van der Waals surface area (Å²) in [7, 11) is -3.87. The summed E-state index contributed by atoms with van der Waals surface area (Å²) in [6, 6.07) is 19.2. The average molecular weight is 437 g/mol. The van der Waals surface area contributed by atoms with Crippen molar-refractivity contribution in [2.45, 2.75) is 31.8 Å². The molecule has 1 amide bonds. The van der Waals surface area contributed by atoms with Crippen LogP contribution in [0.3, 0.4) is 0 Å². The third-order valence-electron chi connectivity index (χ3n) is 5.28. The van der Waals surface area contributed by atoms with Crippen LogP contribution in [0.1, 0.15) is 16.7 Å². The highest BCUT2D eigenvalue weighted by Crippen LogP contribution is 2.37. The summed E-state index contributed by atoms with van der Waals surface area (Å²) in [5.74, 6) is -0.0456. The van der Waals surface area contributed by atoms with E-state index >= 15 is 0 Å². The fraction of sp³-hybridized carbons (Fsp3) is 0.208. The van der Waals surface area contributed by atoms with Gasteiger partial charge in [0, 0.05) is 5.69 Å². The number of amides is 1. The van der Waals surface area contributed by atoms with Crippen molar-refractivity contribution in [2.24, 2.45) is 0 Å². The maximum atomic E-state index is 13.4. The van der Waals surface area contributed by atoms with Gasteiger partial charge in [0.25, 0.3) is 15.9 Å². The molecule has 31 heavy (non-hydrogen) atoms. The fourth-order valence-electron chi connectivity index (χ4n) is 3.57. The van der Waals surface area contributed by atoms with E-state index in [4.69, 9.17) is 4.74 Å². The lowest BCUT2D eigenvalue weighted by atomic mass is 10.1. The van der Waals surface area contributed by atoms with Crippen molar-refractivity contribution in [2.75, 3.05) is 16.2 Å². The van der Waals surface area contributed by atoms with Crippen LogP contribution >= 0.6 is 0 Å². The molecule has 4 rings (SSSR count). The second-order valence-corrected chi connectivity index (χ2v) is 9.59. The van der Waals surface area contributed by atoms with Gasteiger partial charge in [-0.15, -0.1) is 0 Å². The van der Waals surface area contributed by atoms with Crippen LogP contribution in [0.2, 0.25) is 0 Å². The Morgan fingerprint density at radius 3 is 2.35 bits per heavy atom. The predicted molar refractivity (Wildman–Crippen MR) is 121 cm³/mol. The lowest BCUT2D eigenvalue weighted by Crippen LogP contribution is -2.48. The van der Waals surface area contributed by atoms with E-state index < -0.39 is 22.0 Å². The van der Waals surface area contributed by atoms with Crippen LogP contribution in [-0.2, 0) is 14.8 Å². The highest BCUT2D eigenvalue weighted by Gasteiger charge is 2.37. The number of hydrogen-bond acceptors (Lipinski definition) is 4. The molecule has 0 fully saturated rings. The van der Waals surface area contributed by atoms with E-state index in [1.807, 2.05) is 39.0 Å². The second kappa shape index (κ2) is 8.07. The molecule has 0 aliphatic carbocycles. The number of hydrogen-bond donors (Lipinski definition) is 1. The minimum atomic E-state index is -3.87. The minimum Gasteiger partial charge on any atom is -0.476 e. The van der Waals surface area contributed by atoms with E-state index in [0.29, 0.717) is 17.1 Å². The summed E-state index contributed by atoms with van der Waals surface area (Å²) in [4.78, 5) is 13.2. The molecule has 0 saturated carbocycles. The first kappa shape index (κ1) is 20.9. The van der Waals surface area contributed by atoms with Gasteiger partial charge in [-0.05, 0) is 56.7 Å². The molecule has 0 bridgehead atoms. The number of nitrogens with zero attached hydrogens (tertiary/aromatic N) is 1. The molecular weight excluding hydrogens is 412 g/mol. The molecule has 6 nitrogen and oxygen atoms in total. The van der Waals surface area contributed by atoms with Crippen LogP contribution in [-0.4, -0.2) is 27.0 Å². The average Bonchev–Trinajstić information content (AvgIpc) is 2.75. The molecule has 1 unspecified atom stereocenters. The molecular formula is C24H24N2O4S. The molecule has 1 heterocycles. The standard InChI is InChI=1S/C24H24N2O4S/c1-16-8-11-19(12-9-16)31(28,29)26-15-23(30-22-7-5-4-6-21(22)26)24(27)25-20-13-10-17(2)14-18(20)3/h4-14,23H,15H2,1-3H3,(H,25,27).